The average Bonchev–Trinajstić information content (AvgIpc) is 2.73. The summed E-state index contributed by atoms with van der Waals surface area (Å²) in [7, 11) is 0. The molecule has 0 nitrogen and oxygen atoms in total. The molecule has 2 rings (SSSR count). The van der Waals surface area contributed by atoms with Gasteiger partial charge in [-0.25, -0.2) is 0 Å². The molecule has 0 bridgehead atoms. The molecule has 2 fully saturated rings. The fourth-order valence-electron chi connectivity index (χ4n) is 4.23. The summed E-state index contributed by atoms with van der Waals surface area (Å²) < 4.78 is 0. The molecule has 0 spiro atoms. The quantitative estimate of drug-likeness (QED) is 0.594. The van der Waals surface area contributed by atoms with Crippen LogP contribution in [0.15, 0.2) is 0 Å². The third-order valence-corrected chi connectivity index (χ3v) is 5.21. The van der Waals surface area contributed by atoms with Gasteiger partial charge in [-0.1, -0.05) is 70.8 Å². The molecule has 4 atom stereocenters. The summed E-state index contributed by atoms with van der Waals surface area (Å²) in [6.07, 6.45) is 9.03. The Bertz CT molecular complexity index is 175. The molecule has 0 aromatic rings. The van der Waals surface area contributed by atoms with Crippen molar-refractivity contribution in [3.05, 3.63) is 0 Å². The minimum atomic E-state index is 0. The molecule has 2 aliphatic rings. The molecule has 0 amide bonds. The Morgan fingerprint density at radius 3 is 1.47 bits per heavy atom. The zero-order valence-electron chi connectivity index (χ0n) is 10.1. The Labute approximate surface area is 108 Å². The van der Waals surface area contributed by atoms with E-state index in [0.29, 0.717) is 0 Å². The van der Waals surface area contributed by atoms with Gasteiger partial charge in [0, 0.05) is 0 Å². The monoisotopic (exact) mass is 200 g/mol. The molecule has 2 heteroatoms. The van der Waals surface area contributed by atoms with Crippen molar-refractivity contribution in [2.45, 2.75) is 70.8 Å². The van der Waals surface area contributed by atoms with Crippen LogP contribution in [-0.2, 0) is 0 Å². The molecular formula is C13H26BLi. The zero-order valence-corrected chi connectivity index (χ0v) is 10.1. The Hall–Kier alpha value is 0.662. The van der Waals surface area contributed by atoms with Crippen molar-refractivity contribution in [2.24, 2.45) is 11.8 Å². The number of hydrogen-bond acceptors (Lipinski definition) is 0. The van der Waals surface area contributed by atoms with Crippen molar-refractivity contribution in [1.29, 1.82) is 0 Å². The number of hydrogen-bond donors (Lipinski definition) is 0. The van der Waals surface area contributed by atoms with Gasteiger partial charge in [0.25, 0.3) is 0 Å². The maximum absolute atomic E-state index is 2.54. The maximum atomic E-state index is 2.54. The Kier molecular flexibility index (Phi) is 5.34. The van der Waals surface area contributed by atoms with E-state index in [2.05, 4.69) is 20.7 Å². The fourth-order valence-corrected chi connectivity index (χ4v) is 4.23. The van der Waals surface area contributed by atoms with E-state index in [9.17, 15) is 0 Å². The van der Waals surface area contributed by atoms with Crippen molar-refractivity contribution in [1.82, 2.24) is 0 Å². The van der Waals surface area contributed by atoms with Crippen LogP contribution in [0.4, 0.5) is 0 Å². The van der Waals surface area contributed by atoms with Crippen LogP contribution in [0, 0.1) is 11.8 Å². The summed E-state index contributed by atoms with van der Waals surface area (Å²) in [5.74, 6) is 4.14. The first-order valence-electron chi connectivity index (χ1n) is 6.70. The van der Waals surface area contributed by atoms with Crippen molar-refractivity contribution in [3.8, 4) is 0 Å². The van der Waals surface area contributed by atoms with Crippen LogP contribution in [0.5, 0.6) is 0 Å². The molecule has 0 aliphatic heterocycles. The summed E-state index contributed by atoms with van der Waals surface area (Å²) in [5.41, 5.74) is 0. The van der Waals surface area contributed by atoms with Gasteiger partial charge in [-0.05, 0) is 11.8 Å². The van der Waals surface area contributed by atoms with Crippen LogP contribution in [0.25, 0.3) is 0 Å². The molecule has 15 heavy (non-hydrogen) atoms. The summed E-state index contributed by atoms with van der Waals surface area (Å²) >= 11 is 0. The fraction of sp³-hybridized carbons (Fsp3) is 1.00. The van der Waals surface area contributed by atoms with Gasteiger partial charge in [-0.15, -0.1) is 0 Å². The van der Waals surface area contributed by atoms with E-state index < -0.39 is 0 Å². The van der Waals surface area contributed by atoms with Crippen LogP contribution in [0.2, 0.25) is 18.5 Å². The van der Waals surface area contributed by atoms with Crippen LogP contribution in [0.3, 0.4) is 0 Å². The molecule has 0 heterocycles. The van der Waals surface area contributed by atoms with E-state index >= 15 is 0 Å². The molecule has 82 valence electrons. The van der Waals surface area contributed by atoms with Crippen molar-refractivity contribution in [2.75, 3.05) is 0 Å². The second-order valence-corrected chi connectivity index (χ2v) is 6.00. The first kappa shape index (κ1) is 13.7. The van der Waals surface area contributed by atoms with Gasteiger partial charge in [0.2, 0.25) is 0 Å². The Morgan fingerprint density at radius 2 is 1.20 bits per heavy atom. The van der Waals surface area contributed by atoms with E-state index in [-0.39, 0.29) is 18.9 Å². The summed E-state index contributed by atoms with van der Waals surface area (Å²) in [6.45, 7) is 8.51. The van der Waals surface area contributed by atoms with E-state index in [1.807, 2.05) is 0 Å². The van der Waals surface area contributed by atoms with Crippen LogP contribution >= 0.6 is 0 Å². The molecule has 2 aliphatic carbocycles. The molecule has 4 unspecified atom stereocenters. The molecule has 0 radical (unpaired) electrons. The van der Waals surface area contributed by atoms with Gasteiger partial charge in [0.15, 0.2) is 0 Å². The Balaban J connectivity index is 0.00000112. The number of rotatable bonds is 2. The van der Waals surface area contributed by atoms with Gasteiger partial charge < -0.3 is 0 Å². The summed E-state index contributed by atoms with van der Waals surface area (Å²) in [5, 5.41) is 0. The van der Waals surface area contributed by atoms with Gasteiger partial charge in [-0.2, -0.15) is 0 Å². The van der Waals surface area contributed by atoms with Crippen molar-refractivity contribution < 1.29 is 0 Å². The van der Waals surface area contributed by atoms with Crippen molar-refractivity contribution >= 4 is 25.6 Å². The molecule has 0 N–H and O–H groups in total. The minimum absolute atomic E-state index is 0. The van der Waals surface area contributed by atoms with Gasteiger partial charge >= 0.3 is 18.9 Å². The predicted octanol–water partition coefficient (Wildman–Crippen LogP) is 3.84. The SMILES string of the molecule is CB(C1CCCC1C)C1CCCC1C.[LiH]. The average molecular weight is 200 g/mol. The summed E-state index contributed by atoms with van der Waals surface area (Å²) in [4.78, 5) is 0. The zero-order chi connectivity index (χ0) is 10.1. The third kappa shape index (κ3) is 2.86. The second kappa shape index (κ2) is 5.83. The van der Waals surface area contributed by atoms with E-state index in [1.165, 1.54) is 38.5 Å². The van der Waals surface area contributed by atoms with E-state index in [4.69, 9.17) is 0 Å². The first-order chi connectivity index (χ1) is 6.70. The molecule has 2 saturated carbocycles. The standard InChI is InChI=1S/C13H25B.Li.H/c1-10-6-4-8-12(10)14(3)13-9-5-7-11(13)2;;/h10-13H,4-9H2,1-3H3;;. The molecule has 0 saturated heterocycles. The predicted molar refractivity (Wildman–Crippen MR) is 72.3 cm³/mol. The normalized spacial score (nSPS) is 40.2. The summed E-state index contributed by atoms with van der Waals surface area (Å²) in [6, 6.07) is 0. The Morgan fingerprint density at radius 1 is 0.800 bits per heavy atom. The van der Waals surface area contributed by atoms with Gasteiger partial charge in [0.1, 0.15) is 6.71 Å². The topological polar surface area (TPSA) is 0 Å². The van der Waals surface area contributed by atoms with Gasteiger partial charge in [0.05, 0.1) is 0 Å². The first-order valence-corrected chi connectivity index (χ1v) is 6.70. The van der Waals surface area contributed by atoms with E-state index in [1.54, 1.807) is 0 Å². The van der Waals surface area contributed by atoms with Crippen LogP contribution in [0.1, 0.15) is 52.4 Å². The van der Waals surface area contributed by atoms with Crippen molar-refractivity contribution in [3.63, 3.8) is 0 Å². The van der Waals surface area contributed by atoms with Gasteiger partial charge in [-0.3, -0.25) is 0 Å². The molecule has 0 aromatic heterocycles. The third-order valence-electron chi connectivity index (χ3n) is 5.21. The molecule has 0 aromatic carbocycles. The second-order valence-electron chi connectivity index (χ2n) is 6.00. The van der Waals surface area contributed by atoms with E-state index in [0.717, 1.165) is 30.2 Å². The van der Waals surface area contributed by atoms with Crippen LogP contribution < -0.4 is 0 Å². The van der Waals surface area contributed by atoms with Crippen LogP contribution in [-0.4, -0.2) is 25.6 Å². The molecular weight excluding hydrogens is 174 g/mol.